The number of aromatic nitrogens is 1. The topological polar surface area (TPSA) is 44.5 Å². The molecule has 4 nitrogen and oxygen atoms in total. The molecule has 0 saturated heterocycles. The molecule has 0 spiro atoms. The Labute approximate surface area is 126 Å². The Kier molecular flexibility index (Phi) is 6.28. The Hall–Kier alpha value is -1.81. The summed E-state index contributed by atoms with van der Waals surface area (Å²) in [4.78, 5) is 0. The van der Waals surface area contributed by atoms with Crippen molar-refractivity contribution in [1.82, 2.24) is 5.16 Å². The lowest BCUT2D eigenvalue weighted by molar-refractivity contribution is 0.111. The summed E-state index contributed by atoms with van der Waals surface area (Å²) in [7, 11) is 0. The van der Waals surface area contributed by atoms with Gasteiger partial charge in [-0.15, -0.1) is 0 Å². The third-order valence-corrected chi connectivity index (χ3v) is 3.15. The van der Waals surface area contributed by atoms with Gasteiger partial charge in [0.15, 0.2) is 0 Å². The fraction of sp³-hybridized carbons (Fsp3) is 0.471. The number of rotatable bonds is 9. The minimum atomic E-state index is 0.525. The summed E-state index contributed by atoms with van der Waals surface area (Å²) in [6.07, 6.45) is 3.18. The van der Waals surface area contributed by atoms with Gasteiger partial charge in [-0.1, -0.05) is 22.9 Å². The summed E-state index contributed by atoms with van der Waals surface area (Å²) >= 11 is 0. The molecule has 114 valence electrons. The molecule has 1 aromatic heterocycles. The zero-order valence-electron chi connectivity index (χ0n) is 12.8. The normalized spacial score (nSPS) is 10.8. The van der Waals surface area contributed by atoms with Crippen molar-refractivity contribution in [1.29, 1.82) is 0 Å². The first-order valence-electron chi connectivity index (χ1n) is 7.43. The van der Waals surface area contributed by atoms with Gasteiger partial charge in [-0.05, 0) is 45.2 Å². The average molecular weight is 289 g/mol. The van der Waals surface area contributed by atoms with Crippen LogP contribution in [0.15, 0.2) is 34.9 Å². The first-order chi connectivity index (χ1) is 10.2. The van der Waals surface area contributed by atoms with Crippen LogP contribution in [0.3, 0.4) is 0 Å². The van der Waals surface area contributed by atoms with Gasteiger partial charge in [-0.25, -0.2) is 0 Å². The summed E-state index contributed by atoms with van der Waals surface area (Å²) in [5.41, 5.74) is 2.11. The van der Waals surface area contributed by atoms with Crippen LogP contribution in [-0.2, 0) is 11.3 Å². The van der Waals surface area contributed by atoms with Crippen molar-refractivity contribution in [3.63, 3.8) is 0 Å². The molecule has 0 unspecified atom stereocenters. The van der Waals surface area contributed by atoms with Gasteiger partial charge in [0.2, 0.25) is 0 Å². The lowest BCUT2D eigenvalue weighted by atomic mass is 10.2. The van der Waals surface area contributed by atoms with Crippen LogP contribution in [0, 0.1) is 13.8 Å². The van der Waals surface area contributed by atoms with E-state index in [1.54, 1.807) is 0 Å². The highest BCUT2D eigenvalue weighted by Crippen LogP contribution is 2.12. The van der Waals surface area contributed by atoms with Gasteiger partial charge in [0.05, 0.1) is 13.2 Å². The van der Waals surface area contributed by atoms with Crippen LogP contribution in [-0.4, -0.2) is 18.4 Å². The Bertz CT molecular complexity index is 519. The maximum absolute atomic E-state index is 5.68. The summed E-state index contributed by atoms with van der Waals surface area (Å²) in [6.45, 7) is 5.98. The van der Waals surface area contributed by atoms with E-state index in [1.165, 1.54) is 5.56 Å². The summed E-state index contributed by atoms with van der Waals surface area (Å²) in [5.74, 6) is 1.76. The van der Waals surface area contributed by atoms with Crippen LogP contribution in [0.25, 0.3) is 0 Å². The molecule has 0 aliphatic carbocycles. The number of nitrogens with zero attached hydrogens (tertiary/aromatic N) is 1. The van der Waals surface area contributed by atoms with Gasteiger partial charge >= 0.3 is 0 Å². The van der Waals surface area contributed by atoms with Crippen LogP contribution >= 0.6 is 0 Å². The van der Waals surface area contributed by atoms with Crippen molar-refractivity contribution in [2.45, 2.75) is 39.7 Å². The predicted molar refractivity (Wildman–Crippen MR) is 81.4 cm³/mol. The van der Waals surface area contributed by atoms with E-state index in [0.717, 1.165) is 49.7 Å². The fourth-order valence-corrected chi connectivity index (χ4v) is 1.97. The molecule has 0 atom stereocenters. The highest BCUT2D eigenvalue weighted by atomic mass is 16.5. The Balaban J connectivity index is 1.46. The molecule has 2 aromatic rings. The summed E-state index contributed by atoms with van der Waals surface area (Å²) < 4.78 is 16.2. The fourth-order valence-electron chi connectivity index (χ4n) is 1.97. The highest BCUT2D eigenvalue weighted by molar-refractivity contribution is 5.26. The molecule has 0 fully saturated rings. The Morgan fingerprint density at radius 1 is 1.00 bits per heavy atom. The van der Waals surface area contributed by atoms with Gasteiger partial charge in [0.25, 0.3) is 0 Å². The largest absolute Gasteiger partial charge is 0.494 e. The molecule has 0 aliphatic heterocycles. The van der Waals surface area contributed by atoms with E-state index in [1.807, 2.05) is 25.1 Å². The van der Waals surface area contributed by atoms with Crippen molar-refractivity contribution >= 4 is 0 Å². The molecule has 0 bridgehead atoms. The van der Waals surface area contributed by atoms with Crippen LogP contribution < -0.4 is 4.74 Å². The minimum absolute atomic E-state index is 0.525. The first-order valence-corrected chi connectivity index (χ1v) is 7.43. The van der Waals surface area contributed by atoms with E-state index in [0.29, 0.717) is 6.61 Å². The monoisotopic (exact) mass is 289 g/mol. The van der Waals surface area contributed by atoms with E-state index in [2.05, 4.69) is 24.2 Å². The van der Waals surface area contributed by atoms with Crippen LogP contribution in [0.4, 0.5) is 0 Å². The highest BCUT2D eigenvalue weighted by Gasteiger charge is 2.00. The molecule has 1 heterocycles. The van der Waals surface area contributed by atoms with Crippen LogP contribution in [0.5, 0.6) is 5.75 Å². The molecule has 0 amide bonds. The number of unbranched alkanes of at least 4 members (excludes halogenated alkanes) is 2. The van der Waals surface area contributed by atoms with Crippen molar-refractivity contribution < 1.29 is 14.0 Å². The lowest BCUT2D eigenvalue weighted by Crippen LogP contribution is -2.00. The van der Waals surface area contributed by atoms with Gasteiger partial charge in [-0.2, -0.15) is 0 Å². The van der Waals surface area contributed by atoms with Gasteiger partial charge in [0, 0.05) is 12.7 Å². The van der Waals surface area contributed by atoms with Gasteiger partial charge in [0.1, 0.15) is 17.2 Å². The SMILES string of the molecule is Cc1ccc(OCCCCCOCc2cc(C)on2)cc1. The van der Waals surface area contributed by atoms with E-state index in [-0.39, 0.29) is 0 Å². The third kappa shape index (κ3) is 6.00. The van der Waals surface area contributed by atoms with Crippen molar-refractivity contribution in [2.75, 3.05) is 13.2 Å². The number of aryl methyl sites for hydroxylation is 2. The summed E-state index contributed by atoms with van der Waals surface area (Å²) in [6, 6.07) is 10.1. The maximum Gasteiger partial charge on any atom is 0.134 e. The Morgan fingerprint density at radius 2 is 1.76 bits per heavy atom. The molecule has 21 heavy (non-hydrogen) atoms. The van der Waals surface area contributed by atoms with Crippen molar-refractivity contribution in [3.05, 3.63) is 47.3 Å². The number of ether oxygens (including phenoxy) is 2. The standard InChI is InChI=1S/C17H23NO3/c1-14-6-8-17(9-7-14)20-11-5-3-4-10-19-13-16-12-15(2)21-18-16/h6-9,12H,3-5,10-11,13H2,1-2H3. The van der Waals surface area contributed by atoms with Crippen molar-refractivity contribution in [3.8, 4) is 5.75 Å². The third-order valence-electron chi connectivity index (χ3n) is 3.15. The molecule has 0 radical (unpaired) electrons. The molecule has 2 rings (SSSR count). The molecule has 0 aliphatic rings. The maximum atomic E-state index is 5.68. The van der Waals surface area contributed by atoms with Crippen molar-refractivity contribution in [2.24, 2.45) is 0 Å². The van der Waals surface area contributed by atoms with E-state index in [4.69, 9.17) is 14.0 Å². The molecule has 0 N–H and O–H groups in total. The number of benzene rings is 1. The quantitative estimate of drug-likeness (QED) is 0.653. The molecular formula is C17H23NO3. The Morgan fingerprint density at radius 3 is 2.48 bits per heavy atom. The van der Waals surface area contributed by atoms with E-state index in [9.17, 15) is 0 Å². The smallest absolute Gasteiger partial charge is 0.134 e. The minimum Gasteiger partial charge on any atom is -0.494 e. The molecule has 4 heteroatoms. The molecular weight excluding hydrogens is 266 g/mol. The van der Waals surface area contributed by atoms with Crippen LogP contribution in [0.1, 0.15) is 36.3 Å². The zero-order chi connectivity index (χ0) is 14.9. The molecule has 0 saturated carbocycles. The second-order valence-electron chi connectivity index (χ2n) is 5.20. The second kappa shape index (κ2) is 8.47. The zero-order valence-corrected chi connectivity index (χ0v) is 12.8. The lowest BCUT2D eigenvalue weighted by Gasteiger charge is -2.06. The van der Waals surface area contributed by atoms with Crippen LogP contribution in [0.2, 0.25) is 0 Å². The average Bonchev–Trinajstić information content (AvgIpc) is 2.89. The number of hydrogen-bond acceptors (Lipinski definition) is 4. The van der Waals surface area contributed by atoms with E-state index >= 15 is 0 Å². The summed E-state index contributed by atoms with van der Waals surface area (Å²) in [5, 5.41) is 3.88. The van der Waals surface area contributed by atoms with Gasteiger partial charge in [-0.3, -0.25) is 0 Å². The first kappa shape index (κ1) is 15.6. The van der Waals surface area contributed by atoms with Gasteiger partial charge < -0.3 is 14.0 Å². The van der Waals surface area contributed by atoms with E-state index < -0.39 is 0 Å². The predicted octanol–water partition coefficient (Wildman–Crippen LogP) is 4.06. The molecule has 1 aromatic carbocycles. The number of hydrogen-bond donors (Lipinski definition) is 0. The second-order valence-corrected chi connectivity index (χ2v) is 5.20.